The van der Waals surface area contributed by atoms with E-state index in [4.69, 9.17) is 5.11 Å². The molecule has 0 aromatic carbocycles. The molecular weight excluding hydrogens is 324 g/mol. The number of aromatic nitrogens is 3. The van der Waals surface area contributed by atoms with Crippen molar-refractivity contribution in [1.29, 1.82) is 0 Å². The molecule has 1 rings (SSSR count). The Balaban J connectivity index is 2.77. The maximum atomic E-state index is 12.1. The molecule has 0 aliphatic rings. The molecule has 0 saturated heterocycles. The fourth-order valence-electron chi connectivity index (χ4n) is 1.54. The summed E-state index contributed by atoms with van der Waals surface area (Å²) in [7, 11) is -2.13. The van der Waals surface area contributed by atoms with E-state index in [0.29, 0.717) is 6.42 Å². The van der Waals surface area contributed by atoms with E-state index in [0.717, 1.165) is 6.42 Å². The van der Waals surface area contributed by atoms with Crippen molar-refractivity contribution in [3.8, 4) is 0 Å². The number of nitrogens with zero attached hydrogens (tertiary/aromatic N) is 3. The van der Waals surface area contributed by atoms with E-state index in [1.807, 2.05) is 6.92 Å². The lowest BCUT2D eigenvalue weighted by atomic mass is 10.0. The molecule has 9 heteroatoms. The average Bonchev–Trinajstić information content (AvgIpc) is 2.65. The molecule has 1 heterocycles. The van der Waals surface area contributed by atoms with Crippen molar-refractivity contribution in [2.45, 2.75) is 24.8 Å². The molecule has 2 N–H and O–H groups in total. The Labute approximate surface area is 115 Å². The van der Waals surface area contributed by atoms with Crippen LogP contribution in [-0.2, 0) is 17.1 Å². The molecule has 104 valence electrons. The number of rotatable bonds is 7. The molecule has 7 nitrogen and oxygen atoms in total. The van der Waals surface area contributed by atoms with Gasteiger partial charge in [0.1, 0.15) is 0 Å². The number of aryl methyl sites for hydroxylation is 1. The summed E-state index contributed by atoms with van der Waals surface area (Å²) < 4.78 is 28.0. The van der Waals surface area contributed by atoms with Gasteiger partial charge in [-0.2, -0.15) is 0 Å². The molecular formula is C9H17BrN4O3S. The molecule has 0 amide bonds. The summed E-state index contributed by atoms with van der Waals surface area (Å²) in [6, 6.07) is 0. The maximum Gasteiger partial charge on any atom is 0.260 e. The molecule has 1 unspecified atom stereocenters. The van der Waals surface area contributed by atoms with Gasteiger partial charge in [-0.25, -0.2) is 17.8 Å². The Morgan fingerprint density at radius 1 is 1.56 bits per heavy atom. The number of hydrogen-bond donors (Lipinski definition) is 2. The van der Waals surface area contributed by atoms with Gasteiger partial charge in [0, 0.05) is 20.2 Å². The summed E-state index contributed by atoms with van der Waals surface area (Å²) in [5.41, 5.74) is 0. The second-order valence-electron chi connectivity index (χ2n) is 3.95. The number of aliphatic hydroxyl groups is 1. The van der Waals surface area contributed by atoms with Gasteiger partial charge in [0.25, 0.3) is 10.0 Å². The number of nitrogens with one attached hydrogen (secondary N) is 1. The molecule has 0 spiro atoms. The van der Waals surface area contributed by atoms with Gasteiger partial charge in [-0.15, -0.1) is 5.10 Å². The Bertz CT molecular complexity index is 469. The SMILES string of the molecule is CCC(CCO)CNS(=O)(=O)c1c(Br)nnn1C. The van der Waals surface area contributed by atoms with Crippen LogP contribution in [0.5, 0.6) is 0 Å². The molecule has 18 heavy (non-hydrogen) atoms. The van der Waals surface area contributed by atoms with E-state index in [2.05, 4.69) is 31.0 Å². The van der Waals surface area contributed by atoms with Gasteiger partial charge in [-0.1, -0.05) is 18.6 Å². The van der Waals surface area contributed by atoms with E-state index in [-0.39, 0.29) is 28.7 Å². The largest absolute Gasteiger partial charge is 0.396 e. The summed E-state index contributed by atoms with van der Waals surface area (Å²) in [4.78, 5) is 0. The van der Waals surface area contributed by atoms with Crippen molar-refractivity contribution in [2.75, 3.05) is 13.2 Å². The summed E-state index contributed by atoms with van der Waals surface area (Å²) in [5.74, 6) is 0.115. The fraction of sp³-hybridized carbons (Fsp3) is 0.778. The predicted octanol–water partition coefficient (Wildman–Crippen LogP) is 0.265. The zero-order chi connectivity index (χ0) is 13.8. The second-order valence-corrected chi connectivity index (χ2v) is 6.38. The molecule has 0 aliphatic heterocycles. The average molecular weight is 341 g/mol. The Kier molecular flexibility index (Phi) is 5.70. The minimum atomic E-state index is -3.64. The molecule has 0 radical (unpaired) electrons. The minimum absolute atomic E-state index is 0.00125. The van der Waals surface area contributed by atoms with Gasteiger partial charge in [-0.3, -0.25) is 0 Å². The van der Waals surface area contributed by atoms with Gasteiger partial charge >= 0.3 is 0 Å². The summed E-state index contributed by atoms with van der Waals surface area (Å²) in [6.07, 6.45) is 1.37. The Morgan fingerprint density at radius 2 is 2.22 bits per heavy atom. The smallest absolute Gasteiger partial charge is 0.260 e. The van der Waals surface area contributed by atoms with Crippen molar-refractivity contribution in [2.24, 2.45) is 13.0 Å². The summed E-state index contributed by atoms with van der Waals surface area (Å²) >= 11 is 3.05. The summed E-state index contributed by atoms with van der Waals surface area (Å²) in [5, 5.41) is 16.1. The lowest BCUT2D eigenvalue weighted by molar-refractivity contribution is 0.254. The third-order valence-electron chi connectivity index (χ3n) is 2.67. The van der Waals surface area contributed by atoms with E-state index in [1.165, 1.54) is 11.7 Å². The standard InChI is InChI=1S/C9H17BrN4O3S/c1-3-7(4-5-15)6-11-18(16,17)9-8(10)12-13-14(9)2/h7,11,15H,3-6H2,1-2H3. The quantitative estimate of drug-likeness (QED) is 0.742. The zero-order valence-corrected chi connectivity index (χ0v) is 12.7. The second kappa shape index (κ2) is 6.60. The first-order valence-corrected chi connectivity index (χ1v) is 7.85. The van der Waals surface area contributed by atoms with Crippen LogP contribution < -0.4 is 4.72 Å². The van der Waals surface area contributed by atoms with Crippen molar-refractivity contribution < 1.29 is 13.5 Å². The van der Waals surface area contributed by atoms with Gasteiger partial charge in [0.15, 0.2) is 4.60 Å². The Hall–Kier alpha value is -0.510. The van der Waals surface area contributed by atoms with Crippen molar-refractivity contribution in [1.82, 2.24) is 19.7 Å². The maximum absolute atomic E-state index is 12.1. The van der Waals surface area contributed by atoms with Gasteiger partial charge in [-0.05, 0) is 28.3 Å². The highest BCUT2D eigenvalue weighted by molar-refractivity contribution is 9.10. The van der Waals surface area contributed by atoms with Crippen molar-refractivity contribution in [3.05, 3.63) is 4.60 Å². The minimum Gasteiger partial charge on any atom is -0.396 e. The van der Waals surface area contributed by atoms with E-state index in [1.54, 1.807) is 0 Å². The lowest BCUT2D eigenvalue weighted by Crippen LogP contribution is -2.31. The highest BCUT2D eigenvalue weighted by Gasteiger charge is 2.24. The van der Waals surface area contributed by atoms with E-state index >= 15 is 0 Å². The normalized spacial score (nSPS) is 13.8. The molecule has 1 atom stereocenters. The number of halogens is 1. The predicted molar refractivity (Wildman–Crippen MR) is 69.4 cm³/mol. The lowest BCUT2D eigenvalue weighted by Gasteiger charge is -2.14. The van der Waals surface area contributed by atoms with Gasteiger partial charge in [0.05, 0.1) is 0 Å². The number of aliphatic hydroxyl groups excluding tert-OH is 1. The van der Waals surface area contributed by atoms with E-state index in [9.17, 15) is 8.42 Å². The molecule has 0 fully saturated rings. The number of hydrogen-bond acceptors (Lipinski definition) is 5. The zero-order valence-electron chi connectivity index (χ0n) is 10.3. The van der Waals surface area contributed by atoms with Gasteiger partial charge in [0.2, 0.25) is 5.03 Å². The molecule has 1 aromatic heterocycles. The van der Waals surface area contributed by atoms with Crippen LogP contribution in [0.15, 0.2) is 9.63 Å². The van der Waals surface area contributed by atoms with Crippen LogP contribution in [0.3, 0.4) is 0 Å². The first kappa shape index (κ1) is 15.5. The number of sulfonamides is 1. The molecule has 1 aromatic rings. The topological polar surface area (TPSA) is 97.1 Å². The third-order valence-corrected chi connectivity index (χ3v) is 4.98. The van der Waals surface area contributed by atoms with Crippen molar-refractivity contribution >= 4 is 26.0 Å². The Morgan fingerprint density at radius 3 is 2.67 bits per heavy atom. The molecule has 0 aliphatic carbocycles. The first-order valence-electron chi connectivity index (χ1n) is 5.58. The van der Waals surface area contributed by atoms with Crippen LogP contribution in [0, 0.1) is 5.92 Å². The summed E-state index contributed by atoms with van der Waals surface area (Å²) in [6.45, 7) is 2.30. The third kappa shape index (κ3) is 3.74. The van der Waals surface area contributed by atoms with Crippen LogP contribution in [-0.4, -0.2) is 41.7 Å². The van der Waals surface area contributed by atoms with Crippen LogP contribution in [0.4, 0.5) is 0 Å². The van der Waals surface area contributed by atoms with E-state index < -0.39 is 10.0 Å². The van der Waals surface area contributed by atoms with Crippen LogP contribution in [0.2, 0.25) is 0 Å². The molecule has 0 saturated carbocycles. The molecule has 0 bridgehead atoms. The monoisotopic (exact) mass is 340 g/mol. The van der Waals surface area contributed by atoms with Gasteiger partial charge < -0.3 is 5.11 Å². The fourth-order valence-corrected chi connectivity index (χ4v) is 3.74. The van der Waals surface area contributed by atoms with Crippen LogP contribution >= 0.6 is 15.9 Å². The highest BCUT2D eigenvalue weighted by Crippen LogP contribution is 2.18. The van der Waals surface area contributed by atoms with Crippen LogP contribution in [0.1, 0.15) is 19.8 Å². The first-order chi connectivity index (χ1) is 8.42. The van der Waals surface area contributed by atoms with Crippen molar-refractivity contribution in [3.63, 3.8) is 0 Å². The van der Waals surface area contributed by atoms with Crippen LogP contribution in [0.25, 0.3) is 0 Å². The highest BCUT2D eigenvalue weighted by atomic mass is 79.9.